The van der Waals surface area contributed by atoms with Gasteiger partial charge < -0.3 is 9.88 Å². The summed E-state index contributed by atoms with van der Waals surface area (Å²) in [5.74, 6) is 1.02. The third-order valence-electron chi connectivity index (χ3n) is 6.91. The van der Waals surface area contributed by atoms with Gasteiger partial charge >= 0.3 is 0 Å². The zero-order chi connectivity index (χ0) is 19.3. The second-order valence-corrected chi connectivity index (χ2v) is 9.25. The van der Waals surface area contributed by atoms with Crippen molar-refractivity contribution in [3.63, 3.8) is 0 Å². The van der Waals surface area contributed by atoms with Gasteiger partial charge in [0, 0.05) is 48.4 Å². The maximum Gasteiger partial charge on any atom is 0.251 e. The van der Waals surface area contributed by atoms with Crippen molar-refractivity contribution >= 4 is 36.4 Å². The van der Waals surface area contributed by atoms with E-state index in [1.54, 1.807) is 6.07 Å². The Balaban J connectivity index is 0.00000128. The van der Waals surface area contributed by atoms with Crippen LogP contribution in [0.3, 0.4) is 0 Å². The number of likely N-dealkylation sites (tertiary alicyclic amines) is 1. The molecule has 2 aromatic rings. The van der Waals surface area contributed by atoms with Crippen LogP contribution in [-0.2, 0) is 13.1 Å². The first-order valence-corrected chi connectivity index (χ1v) is 10.9. The van der Waals surface area contributed by atoms with Crippen LogP contribution >= 0.6 is 36.4 Å². The first-order valence-electron chi connectivity index (χ1n) is 10.6. The van der Waals surface area contributed by atoms with E-state index in [1.165, 1.54) is 30.5 Å². The van der Waals surface area contributed by atoms with Crippen molar-refractivity contribution in [2.45, 2.75) is 51.2 Å². The van der Waals surface area contributed by atoms with E-state index in [4.69, 9.17) is 11.6 Å². The van der Waals surface area contributed by atoms with E-state index in [2.05, 4.69) is 35.3 Å². The van der Waals surface area contributed by atoms with Crippen LogP contribution in [0.25, 0.3) is 11.1 Å². The van der Waals surface area contributed by atoms with Crippen LogP contribution in [0.15, 0.2) is 35.1 Å². The summed E-state index contributed by atoms with van der Waals surface area (Å²) >= 11 is 6.65. The number of rotatable bonds is 3. The van der Waals surface area contributed by atoms with Crippen molar-refractivity contribution < 1.29 is 0 Å². The Bertz CT molecular complexity index is 961. The average molecular weight is 471 g/mol. The number of hydrogen-bond donors (Lipinski definition) is 1. The van der Waals surface area contributed by atoms with Crippen LogP contribution in [0.4, 0.5) is 0 Å². The Morgan fingerprint density at radius 2 is 1.97 bits per heavy atom. The topological polar surface area (TPSA) is 37.3 Å². The van der Waals surface area contributed by atoms with E-state index in [-0.39, 0.29) is 30.4 Å². The van der Waals surface area contributed by atoms with Crippen molar-refractivity contribution in [3.05, 3.63) is 57.0 Å². The van der Waals surface area contributed by atoms with Gasteiger partial charge in [-0.25, -0.2) is 0 Å². The molecule has 0 unspecified atom stereocenters. The molecule has 7 heteroatoms. The third-order valence-corrected chi connectivity index (χ3v) is 7.26. The Labute approximate surface area is 195 Å². The molecule has 2 saturated heterocycles. The highest BCUT2D eigenvalue weighted by atomic mass is 35.5. The molecule has 3 aliphatic heterocycles. The lowest BCUT2D eigenvalue weighted by Gasteiger charge is -2.37. The minimum absolute atomic E-state index is 0. The van der Waals surface area contributed by atoms with Gasteiger partial charge in [-0.15, -0.1) is 24.8 Å². The first-order chi connectivity index (χ1) is 13.6. The number of fused-ring (bicyclic) bond motifs is 4. The molecule has 1 N–H and O–H groups in total. The van der Waals surface area contributed by atoms with Crippen molar-refractivity contribution in [1.29, 1.82) is 0 Å². The van der Waals surface area contributed by atoms with Crippen LogP contribution in [0.5, 0.6) is 0 Å². The highest BCUT2D eigenvalue weighted by molar-refractivity contribution is 6.31. The smallest absolute Gasteiger partial charge is 0.251 e. The number of benzene rings is 1. The van der Waals surface area contributed by atoms with Gasteiger partial charge in [0.05, 0.1) is 0 Å². The van der Waals surface area contributed by atoms with E-state index in [0.29, 0.717) is 17.9 Å². The van der Waals surface area contributed by atoms with Gasteiger partial charge in [-0.1, -0.05) is 23.7 Å². The molecule has 5 rings (SSSR count). The zero-order valence-electron chi connectivity index (χ0n) is 17.3. The summed E-state index contributed by atoms with van der Waals surface area (Å²) in [5, 5.41) is 4.32. The third kappa shape index (κ3) is 4.44. The standard InChI is InChI=1S/C23H28ClN3O.2ClH/c1-15-3-2-6-26(15)14-18-5-4-17(8-21(18)24)19-9-22-20-7-16(11-25-12-20)13-27(22)23(28)10-19;;/h4-5,8-10,15-16,20,25H,2-3,6-7,11-14H2,1H3;2*1H/t15-,16+,20-;;/m1../s1. The predicted octanol–water partition coefficient (Wildman–Crippen LogP) is 4.70. The van der Waals surface area contributed by atoms with Gasteiger partial charge in [0.2, 0.25) is 0 Å². The second kappa shape index (κ2) is 9.62. The summed E-state index contributed by atoms with van der Waals surface area (Å²) in [7, 11) is 0. The monoisotopic (exact) mass is 469 g/mol. The molecule has 0 radical (unpaired) electrons. The highest BCUT2D eigenvalue weighted by Gasteiger charge is 2.31. The van der Waals surface area contributed by atoms with Crippen LogP contribution < -0.4 is 10.9 Å². The number of hydrogen-bond acceptors (Lipinski definition) is 3. The summed E-state index contributed by atoms with van der Waals surface area (Å²) in [4.78, 5) is 15.3. The normalized spacial score (nSPS) is 25.2. The lowest BCUT2D eigenvalue weighted by Crippen LogP contribution is -2.44. The van der Waals surface area contributed by atoms with Crippen LogP contribution in [0.2, 0.25) is 5.02 Å². The zero-order valence-corrected chi connectivity index (χ0v) is 19.7. The SMILES string of the molecule is C[C@@H]1CCCN1Cc1ccc(-c2cc3n(c(=O)c2)C[C@@H]2CNC[C@H]3C2)cc1Cl.Cl.Cl. The number of nitrogens with zero attached hydrogens (tertiary/aromatic N) is 2. The van der Waals surface area contributed by atoms with Gasteiger partial charge in [-0.2, -0.15) is 0 Å². The van der Waals surface area contributed by atoms with Gasteiger partial charge in [0.1, 0.15) is 0 Å². The minimum atomic E-state index is 0. The minimum Gasteiger partial charge on any atom is -0.316 e. The van der Waals surface area contributed by atoms with E-state index >= 15 is 0 Å². The molecule has 3 atom stereocenters. The molecule has 0 aliphatic carbocycles. The fraction of sp³-hybridized carbons (Fsp3) is 0.522. The number of pyridine rings is 1. The molecule has 2 bridgehead atoms. The van der Waals surface area contributed by atoms with Crippen molar-refractivity contribution in [3.8, 4) is 11.1 Å². The number of nitrogens with one attached hydrogen (secondary N) is 1. The maximum atomic E-state index is 12.8. The summed E-state index contributed by atoms with van der Waals surface area (Å²) in [5.41, 5.74) is 4.50. The quantitative estimate of drug-likeness (QED) is 0.706. The molecule has 3 aliphatic rings. The predicted molar refractivity (Wildman–Crippen MR) is 128 cm³/mol. The van der Waals surface area contributed by atoms with Crippen molar-refractivity contribution in [2.24, 2.45) is 5.92 Å². The van der Waals surface area contributed by atoms with E-state index in [9.17, 15) is 4.79 Å². The average Bonchev–Trinajstić information content (AvgIpc) is 3.09. The van der Waals surface area contributed by atoms with E-state index in [0.717, 1.165) is 48.9 Å². The Morgan fingerprint density at radius 1 is 1.13 bits per heavy atom. The van der Waals surface area contributed by atoms with Gasteiger partial charge in [0.15, 0.2) is 0 Å². The molecule has 164 valence electrons. The number of halogens is 3. The summed E-state index contributed by atoms with van der Waals surface area (Å²) in [6, 6.07) is 10.9. The fourth-order valence-electron chi connectivity index (χ4n) is 5.27. The molecule has 4 nitrogen and oxygen atoms in total. The molecule has 0 saturated carbocycles. The second-order valence-electron chi connectivity index (χ2n) is 8.84. The summed E-state index contributed by atoms with van der Waals surface area (Å²) in [6.45, 7) is 7.18. The van der Waals surface area contributed by atoms with Gasteiger partial charge in [-0.05, 0) is 74.0 Å². The van der Waals surface area contributed by atoms with Gasteiger partial charge in [-0.3, -0.25) is 9.69 Å². The molecule has 1 aromatic carbocycles. The molecule has 0 spiro atoms. The largest absolute Gasteiger partial charge is 0.316 e. The van der Waals surface area contributed by atoms with Crippen molar-refractivity contribution in [1.82, 2.24) is 14.8 Å². The molecular weight excluding hydrogens is 441 g/mol. The number of aromatic nitrogens is 1. The van der Waals surface area contributed by atoms with Crippen LogP contribution in [0, 0.1) is 5.92 Å². The lowest BCUT2D eigenvalue weighted by molar-refractivity contribution is 0.257. The molecule has 2 fully saturated rings. The number of piperidine rings is 1. The van der Waals surface area contributed by atoms with E-state index < -0.39 is 0 Å². The lowest BCUT2D eigenvalue weighted by atomic mass is 9.83. The Kier molecular flexibility index (Phi) is 7.57. The first kappa shape index (κ1) is 23.6. The fourth-order valence-corrected chi connectivity index (χ4v) is 5.51. The Hall–Kier alpha value is -1.04. The molecular formula is C23H30Cl3N3O. The molecule has 1 aromatic heterocycles. The molecule has 0 amide bonds. The van der Waals surface area contributed by atoms with Crippen LogP contribution in [-0.4, -0.2) is 35.1 Å². The van der Waals surface area contributed by atoms with E-state index in [1.807, 2.05) is 10.6 Å². The van der Waals surface area contributed by atoms with Gasteiger partial charge in [0.25, 0.3) is 5.56 Å². The van der Waals surface area contributed by atoms with Crippen LogP contribution in [0.1, 0.15) is 43.4 Å². The maximum absolute atomic E-state index is 12.8. The summed E-state index contributed by atoms with van der Waals surface area (Å²) < 4.78 is 1.99. The van der Waals surface area contributed by atoms with Crippen molar-refractivity contribution in [2.75, 3.05) is 19.6 Å². The molecule has 4 heterocycles. The Morgan fingerprint density at radius 3 is 2.70 bits per heavy atom. The molecule has 30 heavy (non-hydrogen) atoms. The summed E-state index contributed by atoms with van der Waals surface area (Å²) in [6.07, 6.45) is 3.72. The highest BCUT2D eigenvalue weighted by Crippen LogP contribution is 2.34.